The molecule has 2 amide bonds. The third-order valence-corrected chi connectivity index (χ3v) is 4.68. The van der Waals surface area contributed by atoms with E-state index in [0.29, 0.717) is 6.54 Å². The van der Waals surface area contributed by atoms with E-state index in [-0.39, 0.29) is 6.03 Å². The van der Waals surface area contributed by atoms with E-state index in [9.17, 15) is 4.79 Å². The summed E-state index contributed by atoms with van der Waals surface area (Å²) in [7, 11) is 0. The number of nitrogens with zero attached hydrogens (tertiary/aromatic N) is 1. The molecule has 1 aromatic heterocycles. The molecule has 2 aromatic carbocycles. The molecule has 4 heteroatoms. The number of aromatic nitrogens is 1. The topological polar surface area (TPSA) is 46.1 Å². The van der Waals surface area contributed by atoms with Gasteiger partial charge in [0.05, 0.1) is 6.54 Å². The number of hydrogen-bond acceptors (Lipinski definition) is 1. The Kier molecular flexibility index (Phi) is 5.65. The van der Waals surface area contributed by atoms with Gasteiger partial charge < -0.3 is 15.2 Å². The SMILES string of the molecule is Cc1cc(C)cc(NC(=O)NCc2cccn2Cc2cc(C)ccc2C)c1. The minimum Gasteiger partial charge on any atom is -0.345 e. The summed E-state index contributed by atoms with van der Waals surface area (Å²) in [6.07, 6.45) is 2.06. The fourth-order valence-corrected chi connectivity index (χ4v) is 3.31. The third kappa shape index (κ3) is 5.00. The number of nitrogens with one attached hydrogen (secondary N) is 2. The molecule has 1 heterocycles. The molecule has 0 saturated heterocycles. The van der Waals surface area contributed by atoms with Crippen molar-refractivity contribution in [3.8, 4) is 0 Å². The van der Waals surface area contributed by atoms with Crippen molar-refractivity contribution in [3.05, 3.63) is 88.2 Å². The second-order valence-corrected chi connectivity index (χ2v) is 7.24. The molecule has 0 aliphatic carbocycles. The van der Waals surface area contributed by atoms with Crippen LogP contribution in [0, 0.1) is 27.7 Å². The Balaban J connectivity index is 1.63. The maximum Gasteiger partial charge on any atom is 0.319 e. The standard InChI is InChI=1S/C23H27N3O/c1-16-7-8-19(4)20(11-16)15-26-9-5-6-22(26)14-24-23(27)25-21-12-17(2)10-18(3)13-21/h5-13H,14-15H2,1-4H3,(H2,24,25,27). The maximum absolute atomic E-state index is 12.3. The Bertz CT molecular complexity index is 936. The van der Waals surface area contributed by atoms with Crippen molar-refractivity contribution >= 4 is 11.7 Å². The van der Waals surface area contributed by atoms with Gasteiger partial charge in [0.15, 0.2) is 0 Å². The van der Waals surface area contributed by atoms with Gasteiger partial charge in [-0.3, -0.25) is 0 Å². The molecule has 0 saturated carbocycles. The number of rotatable bonds is 5. The third-order valence-electron chi connectivity index (χ3n) is 4.68. The van der Waals surface area contributed by atoms with Gasteiger partial charge >= 0.3 is 6.03 Å². The molecule has 0 aliphatic rings. The summed E-state index contributed by atoms with van der Waals surface area (Å²) in [5.74, 6) is 0. The Morgan fingerprint density at radius 2 is 1.67 bits per heavy atom. The number of carbonyl (C=O) groups excluding carboxylic acids is 1. The normalized spacial score (nSPS) is 10.7. The van der Waals surface area contributed by atoms with E-state index in [1.807, 2.05) is 38.1 Å². The van der Waals surface area contributed by atoms with E-state index in [2.05, 4.69) is 59.5 Å². The molecule has 0 unspecified atom stereocenters. The number of hydrogen-bond donors (Lipinski definition) is 2. The van der Waals surface area contributed by atoms with E-state index in [4.69, 9.17) is 0 Å². The zero-order valence-electron chi connectivity index (χ0n) is 16.5. The van der Waals surface area contributed by atoms with Crippen molar-refractivity contribution in [1.29, 1.82) is 0 Å². The summed E-state index contributed by atoms with van der Waals surface area (Å²) >= 11 is 0. The van der Waals surface area contributed by atoms with Gasteiger partial charge in [-0.15, -0.1) is 0 Å². The van der Waals surface area contributed by atoms with Crippen molar-refractivity contribution in [1.82, 2.24) is 9.88 Å². The Labute approximate surface area is 161 Å². The number of aryl methyl sites for hydroxylation is 4. The molecule has 0 spiro atoms. The van der Waals surface area contributed by atoms with Crippen LogP contribution in [0.4, 0.5) is 10.5 Å². The monoisotopic (exact) mass is 361 g/mol. The zero-order chi connectivity index (χ0) is 19.4. The number of carbonyl (C=O) groups is 1. The lowest BCUT2D eigenvalue weighted by Gasteiger charge is -2.13. The van der Waals surface area contributed by atoms with Gasteiger partial charge in [0, 0.05) is 24.1 Å². The first-order valence-corrected chi connectivity index (χ1v) is 9.24. The van der Waals surface area contributed by atoms with Gasteiger partial charge in [0.25, 0.3) is 0 Å². The molecule has 0 bridgehead atoms. The first kappa shape index (κ1) is 18.8. The van der Waals surface area contributed by atoms with E-state index in [0.717, 1.165) is 29.1 Å². The maximum atomic E-state index is 12.3. The van der Waals surface area contributed by atoms with Crippen LogP contribution in [0.1, 0.15) is 33.5 Å². The van der Waals surface area contributed by atoms with E-state index < -0.39 is 0 Å². The van der Waals surface area contributed by atoms with Crippen molar-refractivity contribution in [3.63, 3.8) is 0 Å². The molecule has 140 valence electrons. The molecular formula is C23H27N3O. The molecule has 0 fully saturated rings. The van der Waals surface area contributed by atoms with Crippen molar-refractivity contribution < 1.29 is 4.79 Å². The fraction of sp³-hybridized carbons (Fsp3) is 0.261. The fourth-order valence-electron chi connectivity index (χ4n) is 3.31. The van der Waals surface area contributed by atoms with Crippen LogP contribution in [0.15, 0.2) is 54.7 Å². The van der Waals surface area contributed by atoms with Gasteiger partial charge in [0.2, 0.25) is 0 Å². The average molecular weight is 361 g/mol. The van der Waals surface area contributed by atoms with Gasteiger partial charge in [-0.25, -0.2) is 4.79 Å². The predicted molar refractivity (Wildman–Crippen MR) is 111 cm³/mol. The Hall–Kier alpha value is -3.01. The lowest BCUT2D eigenvalue weighted by atomic mass is 10.1. The first-order chi connectivity index (χ1) is 12.9. The van der Waals surface area contributed by atoms with Crippen LogP contribution in [-0.2, 0) is 13.1 Å². The number of urea groups is 1. The predicted octanol–water partition coefficient (Wildman–Crippen LogP) is 5.09. The summed E-state index contributed by atoms with van der Waals surface area (Å²) in [4.78, 5) is 12.3. The van der Waals surface area contributed by atoms with Crippen molar-refractivity contribution in [2.75, 3.05) is 5.32 Å². The highest BCUT2D eigenvalue weighted by atomic mass is 16.2. The summed E-state index contributed by atoms with van der Waals surface area (Å²) in [5, 5.41) is 5.87. The number of benzene rings is 2. The number of anilines is 1. The Morgan fingerprint density at radius 1 is 0.926 bits per heavy atom. The van der Waals surface area contributed by atoms with Gasteiger partial charge in [-0.2, -0.15) is 0 Å². The lowest BCUT2D eigenvalue weighted by Crippen LogP contribution is -2.29. The molecule has 0 aliphatic heterocycles. The summed E-state index contributed by atoms with van der Waals surface area (Å²) in [6, 6.07) is 16.4. The molecule has 27 heavy (non-hydrogen) atoms. The van der Waals surface area contributed by atoms with Crippen LogP contribution in [0.5, 0.6) is 0 Å². The zero-order valence-corrected chi connectivity index (χ0v) is 16.5. The minimum atomic E-state index is -0.195. The van der Waals surface area contributed by atoms with Gasteiger partial charge in [-0.05, 0) is 74.2 Å². The van der Waals surface area contributed by atoms with Gasteiger partial charge in [-0.1, -0.05) is 29.8 Å². The Morgan fingerprint density at radius 3 is 2.41 bits per heavy atom. The molecule has 2 N–H and O–H groups in total. The van der Waals surface area contributed by atoms with Crippen molar-refractivity contribution in [2.45, 2.75) is 40.8 Å². The second kappa shape index (κ2) is 8.12. The van der Waals surface area contributed by atoms with Crippen LogP contribution in [0.3, 0.4) is 0 Å². The molecule has 0 atom stereocenters. The molecule has 4 nitrogen and oxygen atoms in total. The van der Waals surface area contributed by atoms with Crippen LogP contribution in [0.25, 0.3) is 0 Å². The van der Waals surface area contributed by atoms with E-state index in [1.165, 1.54) is 16.7 Å². The molecule has 0 radical (unpaired) electrons. The van der Waals surface area contributed by atoms with Crippen LogP contribution in [0.2, 0.25) is 0 Å². The summed E-state index contributed by atoms with van der Waals surface area (Å²) in [5.41, 5.74) is 7.99. The summed E-state index contributed by atoms with van der Waals surface area (Å²) in [6.45, 7) is 9.57. The quantitative estimate of drug-likeness (QED) is 0.653. The first-order valence-electron chi connectivity index (χ1n) is 9.24. The highest BCUT2D eigenvalue weighted by Gasteiger charge is 2.07. The lowest BCUT2D eigenvalue weighted by molar-refractivity contribution is 0.251. The number of amides is 2. The minimum absolute atomic E-state index is 0.195. The van der Waals surface area contributed by atoms with E-state index >= 15 is 0 Å². The van der Waals surface area contributed by atoms with Crippen LogP contribution >= 0.6 is 0 Å². The molecular weight excluding hydrogens is 334 g/mol. The van der Waals surface area contributed by atoms with E-state index in [1.54, 1.807) is 0 Å². The average Bonchev–Trinajstić information content (AvgIpc) is 3.02. The highest BCUT2D eigenvalue weighted by molar-refractivity contribution is 5.89. The highest BCUT2D eigenvalue weighted by Crippen LogP contribution is 2.15. The smallest absolute Gasteiger partial charge is 0.319 e. The molecule has 3 aromatic rings. The second-order valence-electron chi connectivity index (χ2n) is 7.24. The van der Waals surface area contributed by atoms with Crippen LogP contribution in [-0.4, -0.2) is 10.6 Å². The summed E-state index contributed by atoms with van der Waals surface area (Å²) < 4.78 is 2.18. The van der Waals surface area contributed by atoms with Crippen LogP contribution < -0.4 is 10.6 Å². The van der Waals surface area contributed by atoms with Crippen molar-refractivity contribution in [2.24, 2.45) is 0 Å². The largest absolute Gasteiger partial charge is 0.345 e. The molecule has 3 rings (SSSR count). The van der Waals surface area contributed by atoms with Gasteiger partial charge in [0.1, 0.15) is 0 Å².